The van der Waals surface area contributed by atoms with Crippen molar-refractivity contribution in [2.75, 3.05) is 19.7 Å². The number of ether oxygens (including phenoxy) is 1. The number of carboxylic acid groups (broad SMARTS) is 1. The quantitative estimate of drug-likeness (QED) is 0.654. The molecule has 0 fully saturated rings. The smallest absolute Gasteiger partial charge is 0.322 e. The fraction of sp³-hybridized carbons (Fsp3) is 0.333. The monoisotopic (exact) mass is 334 g/mol. The summed E-state index contributed by atoms with van der Waals surface area (Å²) in [6.07, 6.45) is 1.68. The lowest BCUT2D eigenvalue weighted by Gasteiger charge is -2.07. The van der Waals surface area contributed by atoms with Crippen LogP contribution in [0.5, 0.6) is 5.75 Å². The molecule has 128 valence electrons. The predicted molar refractivity (Wildman–Crippen MR) is 84.1 cm³/mol. The summed E-state index contributed by atoms with van der Waals surface area (Å²) in [6, 6.07) is 3.49. The van der Waals surface area contributed by atoms with Crippen molar-refractivity contribution in [3.63, 3.8) is 0 Å². The van der Waals surface area contributed by atoms with Gasteiger partial charge in [-0.15, -0.1) is 0 Å². The number of fused-ring (bicyclic) bond motifs is 1. The van der Waals surface area contributed by atoms with Crippen molar-refractivity contribution in [2.24, 2.45) is 0 Å². The largest absolute Gasteiger partial charge is 0.490 e. The molecular formula is C15H18N4O5. The predicted octanol–water partition coefficient (Wildman–Crippen LogP) is -0.0280. The number of imidazole rings is 1. The van der Waals surface area contributed by atoms with E-state index in [1.807, 2.05) is 6.92 Å². The maximum atomic E-state index is 12.3. The van der Waals surface area contributed by atoms with E-state index in [0.717, 1.165) is 0 Å². The lowest BCUT2D eigenvalue weighted by atomic mass is 10.3. The molecule has 2 aromatic heterocycles. The summed E-state index contributed by atoms with van der Waals surface area (Å²) < 4.78 is 7.07. The van der Waals surface area contributed by atoms with Gasteiger partial charge in [0.1, 0.15) is 12.2 Å². The number of aromatic nitrogens is 2. The fourth-order valence-electron chi connectivity index (χ4n) is 2.18. The van der Waals surface area contributed by atoms with E-state index in [9.17, 15) is 14.4 Å². The van der Waals surface area contributed by atoms with Crippen LogP contribution in [0.1, 0.15) is 23.1 Å². The summed E-state index contributed by atoms with van der Waals surface area (Å²) in [5.41, 5.74) is 1.29. The molecule has 2 rings (SSSR count). The number of nitrogens with zero attached hydrogens (tertiary/aromatic N) is 2. The van der Waals surface area contributed by atoms with Crippen molar-refractivity contribution >= 4 is 23.4 Å². The van der Waals surface area contributed by atoms with Crippen LogP contribution in [0.25, 0.3) is 5.65 Å². The molecular weight excluding hydrogens is 316 g/mol. The molecule has 0 spiro atoms. The summed E-state index contributed by atoms with van der Waals surface area (Å²) >= 11 is 0. The number of rotatable bonds is 7. The summed E-state index contributed by atoms with van der Waals surface area (Å²) in [6.45, 7) is 3.17. The van der Waals surface area contributed by atoms with Crippen LogP contribution in [0.3, 0.4) is 0 Å². The van der Waals surface area contributed by atoms with Gasteiger partial charge in [0.25, 0.3) is 5.91 Å². The number of amides is 2. The van der Waals surface area contributed by atoms with Gasteiger partial charge in [-0.05, 0) is 26.0 Å². The second-order valence-corrected chi connectivity index (χ2v) is 4.90. The van der Waals surface area contributed by atoms with Gasteiger partial charge in [-0.2, -0.15) is 0 Å². The van der Waals surface area contributed by atoms with Gasteiger partial charge in [0.15, 0.2) is 11.4 Å². The van der Waals surface area contributed by atoms with Crippen LogP contribution in [0.15, 0.2) is 18.3 Å². The summed E-state index contributed by atoms with van der Waals surface area (Å²) in [4.78, 5) is 38.5. The Bertz CT molecular complexity index is 784. The maximum absolute atomic E-state index is 12.3. The first-order valence-corrected chi connectivity index (χ1v) is 7.31. The highest BCUT2D eigenvalue weighted by Gasteiger charge is 2.19. The van der Waals surface area contributed by atoms with E-state index >= 15 is 0 Å². The lowest BCUT2D eigenvalue weighted by Crippen LogP contribution is -2.39. The molecule has 0 aliphatic carbocycles. The van der Waals surface area contributed by atoms with E-state index < -0.39 is 24.3 Å². The van der Waals surface area contributed by atoms with E-state index in [2.05, 4.69) is 15.6 Å². The van der Waals surface area contributed by atoms with Gasteiger partial charge >= 0.3 is 5.97 Å². The molecule has 2 amide bonds. The molecule has 9 heteroatoms. The van der Waals surface area contributed by atoms with Crippen LogP contribution < -0.4 is 15.4 Å². The number of carbonyl (C=O) groups excluding carboxylic acids is 2. The molecule has 0 bridgehead atoms. The molecule has 3 N–H and O–H groups in total. The number of hydrogen-bond donors (Lipinski definition) is 3. The molecule has 0 saturated heterocycles. The third-order valence-corrected chi connectivity index (χ3v) is 3.15. The minimum atomic E-state index is -1.16. The van der Waals surface area contributed by atoms with Gasteiger partial charge < -0.3 is 20.5 Å². The SMILES string of the molecule is CCOc1cccn2c(C(=O)NCC(=O)NCC(=O)O)c(C)nc12. The average molecular weight is 334 g/mol. The topological polar surface area (TPSA) is 122 Å². The number of aryl methyl sites for hydroxylation is 1. The summed E-state index contributed by atoms with van der Waals surface area (Å²) in [7, 11) is 0. The molecule has 0 aliphatic rings. The highest BCUT2D eigenvalue weighted by Crippen LogP contribution is 2.21. The molecule has 0 saturated carbocycles. The van der Waals surface area contributed by atoms with E-state index in [1.165, 1.54) is 0 Å². The van der Waals surface area contributed by atoms with E-state index in [4.69, 9.17) is 9.84 Å². The Morgan fingerprint density at radius 3 is 2.71 bits per heavy atom. The van der Waals surface area contributed by atoms with Crippen molar-refractivity contribution in [3.8, 4) is 5.75 Å². The van der Waals surface area contributed by atoms with Crippen LogP contribution in [0.4, 0.5) is 0 Å². The van der Waals surface area contributed by atoms with E-state index in [-0.39, 0.29) is 12.2 Å². The number of hydrogen-bond acceptors (Lipinski definition) is 5. The van der Waals surface area contributed by atoms with Crippen molar-refractivity contribution < 1.29 is 24.2 Å². The first-order chi connectivity index (χ1) is 11.4. The highest BCUT2D eigenvalue weighted by molar-refractivity contribution is 5.97. The van der Waals surface area contributed by atoms with Crippen molar-refractivity contribution in [1.82, 2.24) is 20.0 Å². The molecule has 9 nitrogen and oxygen atoms in total. The third kappa shape index (κ3) is 3.80. The van der Waals surface area contributed by atoms with Crippen molar-refractivity contribution in [2.45, 2.75) is 13.8 Å². The minimum absolute atomic E-state index is 0.289. The van der Waals surface area contributed by atoms with Gasteiger partial charge in [0.05, 0.1) is 18.8 Å². The lowest BCUT2D eigenvalue weighted by molar-refractivity contribution is -0.137. The van der Waals surface area contributed by atoms with Gasteiger partial charge in [0, 0.05) is 6.20 Å². The fourth-order valence-corrected chi connectivity index (χ4v) is 2.18. The molecule has 24 heavy (non-hydrogen) atoms. The number of aliphatic carboxylic acids is 1. The Labute approximate surface area is 137 Å². The van der Waals surface area contributed by atoms with Crippen LogP contribution in [0.2, 0.25) is 0 Å². The van der Waals surface area contributed by atoms with Gasteiger partial charge in [-0.25, -0.2) is 4.98 Å². The molecule has 2 heterocycles. The first kappa shape index (κ1) is 17.3. The van der Waals surface area contributed by atoms with Crippen LogP contribution in [0, 0.1) is 6.92 Å². The molecule has 0 aliphatic heterocycles. The first-order valence-electron chi connectivity index (χ1n) is 7.31. The molecule has 0 radical (unpaired) electrons. The maximum Gasteiger partial charge on any atom is 0.322 e. The zero-order valence-corrected chi connectivity index (χ0v) is 13.3. The number of nitrogens with one attached hydrogen (secondary N) is 2. The third-order valence-electron chi connectivity index (χ3n) is 3.15. The van der Waals surface area contributed by atoms with Gasteiger partial charge in [-0.3, -0.25) is 18.8 Å². The molecule has 0 unspecified atom stereocenters. The van der Waals surface area contributed by atoms with Gasteiger partial charge in [-0.1, -0.05) is 0 Å². The Balaban J connectivity index is 2.15. The Hall–Kier alpha value is -3.10. The number of carbonyl (C=O) groups is 3. The second kappa shape index (κ2) is 7.44. The second-order valence-electron chi connectivity index (χ2n) is 4.90. The number of carboxylic acids is 1. The molecule has 0 atom stereocenters. The number of pyridine rings is 1. The zero-order valence-electron chi connectivity index (χ0n) is 13.3. The zero-order chi connectivity index (χ0) is 17.7. The Morgan fingerprint density at radius 2 is 2.04 bits per heavy atom. The van der Waals surface area contributed by atoms with Crippen LogP contribution in [-0.4, -0.2) is 52.0 Å². The summed E-state index contributed by atoms with van der Waals surface area (Å²) in [5, 5.41) is 13.1. The van der Waals surface area contributed by atoms with E-state index in [1.54, 1.807) is 29.7 Å². The Morgan fingerprint density at radius 1 is 1.29 bits per heavy atom. The minimum Gasteiger partial charge on any atom is -0.490 e. The summed E-state index contributed by atoms with van der Waals surface area (Å²) in [5.74, 6) is -1.68. The van der Waals surface area contributed by atoms with Gasteiger partial charge in [0.2, 0.25) is 5.91 Å². The van der Waals surface area contributed by atoms with Crippen LogP contribution >= 0.6 is 0 Å². The normalized spacial score (nSPS) is 10.4. The molecule has 0 aromatic carbocycles. The Kier molecular flexibility index (Phi) is 5.35. The average Bonchev–Trinajstić information content (AvgIpc) is 2.88. The highest BCUT2D eigenvalue weighted by atomic mass is 16.5. The van der Waals surface area contributed by atoms with Crippen molar-refractivity contribution in [1.29, 1.82) is 0 Å². The molecule has 2 aromatic rings. The van der Waals surface area contributed by atoms with Crippen molar-refractivity contribution in [3.05, 3.63) is 29.7 Å². The van der Waals surface area contributed by atoms with Crippen LogP contribution in [-0.2, 0) is 9.59 Å². The van der Waals surface area contributed by atoms with E-state index in [0.29, 0.717) is 23.7 Å². The standard InChI is InChI=1S/C15H18N4O5/c1-3-24-10-5-4-6-19-13(9(2)18-14(10)19)15(23)17-7-11(20)16-8-12(21)22/h4-6H,3,7-8H2,1-2H3,(H,16,20)(H,17,23)(H,21,22).